The molecule has 2 rings (SSSR count). The van der Waals surface area contributed by atoms with E-state index in [0.29, 0.717) is 22.1 Å². The van der Waals surface area contributed by atoms with E-state index in [1.807, 2.05) is 32.3 Å². The number of thiophene rings is 1. The number of carbonyl (C=O) groups is 2. The standard InChI is InChI=1S/C16H22N4O3S2/c1-6-11-9(3)25-14(13(11)15(22)23-5)17-12(21)8-24-16-19-18-10(4)20(16)7-2/h6-8H2,1-5H3,(H,17,21). The van der Waals surface area contributed by atoms with Crippen LogP contribution < -0.4 is 5.32 Å². The number of aryl methyl sites for hydroxylation is 2. The van der Waals surface area contributed by atoms with Gasteiger partial charge in [-0.05, 0) is 32.8 Å². The smallest absolute Gasteiger partial charge is 0.341 e. The van der Waals surface area contributed by atoms with Crippen LogP contribution in [0.15, 0.2) is 5.16 Å². The highest BCUT2D eigenvalue weighted by Gasteiger charge is 2.23. The second-order valence-corrected chi connectivity index (χ2v) is 7.46. The molecule has 0 fully saturated rings. The van der Waals surface area contributed by atoms with E-state index in [1.165, 1.54) is 30.2 Å². The Bertz CT molecular complexity index is 783. The molecule has 2 heterocycles. The van der Waals surface area contributed by atoms with E-state index in [4.69, 9.17) is 4.74 Å². The molecule has 7 nitrogen and oxygen atoms in total. The largest absolute Gasteiger partial charge is 0.465 e. The minimum Gasteiger partial charge on any atom is -0.465 e. The van der Waals surface area contributed by atoms with Gasteiger partial charge in [-0.25, -0.2) is 4.79 Å². The topological polar surface area (TPSA) is 86.1 Å². The van der Waals surface area contributed by atoms with Gasteiger partial charge in [0, 0.05) is 11.4 Å². The van der Waals surface area contributed by atoms with Gasteiger partial charge in [0.2, 0.25) is 5.91 Å². The Kier molecular flexibility index (Phi) is 6.60. The Hall–Kier alpha value is -1.87. The average Bonchev–Trinajstić information content (AvgIpc) is 3.10. The third kappa shape index (κ3) is 4.21. The molecule has 0 aromatic carbocycles. The van der Waals surface area contributed by atoms with Crippen molar-refractivity contribution in [1.82, 2.24) is 14.8 Å². The third-order valence-electron chi connectivity index (χ3n) is 3.76. The van der Waals surface area contributed by atoms with Gasteiger partial charge < -0.3 is 14.6 Å². The van der Waals surface area contributed by atoms with Crippen LogP contribution in [0.25, 0.3) is 0 Å². The summed E-state index contributed by atoms with van der Waals surface area (Å²) in [6.45, 7) is 8.54. The van der Waals surface area contributed by atoms with Crippen molar-refractivity contribution in [2.24, 2.45) is 0 Å². The van der Waals surface area contributed by atoms with Crippen molar-refractivity contribution < 1.29 is 14.3 Å². The Morgan fingerprint density at radius 1 is 1.28 bits per heavy atom. The molecule has 0 saturated heterocycles. The molecule has 0 aliphatic heterocycles. The minimum absolute atomic E-state index is 0.192. The molecule has 2 aromatic heterocycles. The number of nitrogens with one attached hydrogen (secondary N) is 1. The van der Waals surface area contributed by atoms with E-state index in [1.54, 1.807) is 0 Å². The quantitative estimate of drug-likeness (QED) is 0.585. The van der Waals surface area contributed by atoms with E-state index in [9.17, 15) is 9.59 Å². The number of rotatable bonds is 7. The van der Waals surface area contributed by atoms with Gasteiger partial charge in [-0.15, -0.1) is 21.5 Å². The molecular weight excluding hydrogens is 360 g/mol. The summed E-state index contributed by atoms with van der Waals surface area (Å²) in [4.78, 5) is 25.4. The third-order valence-corrected chi connectivity index (χ3v) is 5.79. The first-order chi connectivity index (χ1) is 11.9. The number of methoxy groups -OCH3 is 1. The lowest BCUT2D eigenvalue weighted by atomic mass is 10.1. The van der Waals surface area contributed by atoms with Crippen molar-refractivity contribution >= 4 is 40.0 Å². The van der Waals surface area contributed by atoms with Crippen LogP contribution in [0, 0.1) is 13.8 Å². The lowest BCUT2D eigenvalue weighted by Crippen LogP contribution is -2.16. The van der Waals surface area contributed by atoms with Crippen LogP contribution in [-0.4, -0.2) is 39.5 Å². The molecule has 1 N–H and O–H groups in total. The van der Waals surface area contributed by atoms with Crippen molar-refractivity contribution in [1.29, 1.82) is 0 Å². The van der Waals surface area contributed by atoms with Crippen LogP contribution in [0.5, 0.6) is 0 Å². The molecule has 0 radical (unpaired) electrons. The van der Waals surface area contributed by atoms with E-state index >= 15 is 0 Å². The zero-order valence-corrected chi connectivity index (χ0v) is 16.6. The molecule has 1 amide bonds. The van der Waals surface area contributed by atoms with Gasteiger partial charge in [0.1, 0.15) is 10.8 Å². The van der Waals surface area contributed by atoms with E-state index < -0.39 is 5.97 Å². The maximum atomic E-state index is 12.3. The van der Waals surface area contributed by atoms with Crippen molar-refractivity contribution in [2.75, 3.05) is 18.2 Å². The fraction of sp³-hybridized carbons (Fsp3) is 0.500. The average molecular weight is 383 g/mol. The van der Waals surface area contributed by atoms with Gasteiger partial charge in [-0.3, -0.25) is 4.79 Å². The van der Waals surface area contributed by atoms with E-state index in [-0.39, 0.29) is 11.7 Å². The zero-order valence-electron chi connectivity index (χ0n) is 15.0. The predicted octanol–water partition coefficient (Wildman–Crippen LogP) is 3.06. The molecule has 0 bridgehead atoms. The molecular formula is C16H22N4O3S2. The minimum atomic E-state index is -0.425. The fourth-order valence-corrected chi connectivity index (χ4v) is 4.53. The second kappa shape index (κ2) is 8.48. The van der Waals surface area contributed by atoms with Crippen molar-refractivity contribution in [3.63, 3.8) is 0 Å². The molecule has 2 aromatic rings. The summed E-state index contributed by atoms with van der Waals surface area (Å²) in [5.74, 6) is 0.393. The number of esters is 1. The first-order valence-electron chi connectivity index (χ1n) is 7.95. The van der Waals surface area contributed by atoms with Gasteiger partial charge in [0.15, 0.2) is 5.16 Å². The summed E-state index contributed by atoms with van der Waals surface area (Å²) in [6, 6.07) is 0. The molecule has 136 valence electrons. The number of hydrogen-bond acceptors (Lipinski definition) is 7. The molecule has 0 aliphatic rings. The summed E-state index contributed by atoms with van der Waals surface area (Å²) < 4.78 is 6.81. The SMILES string of the molecule is CCc1c(C)sc(NC(=O)CSc2nnc(C)n2CC)c1C(=O)OC. The maximum absolute atomic E-state index is 12.3. The second-order valence-electron chi connectivity index (χ2n) is 5.30. The molecule has 25 heavy (non-hydrogen) atoms. The maximum Gasteiger partial charge on any atom is 0.341 e. The highest BCUT2D eigenvalue weighted by atomic mass is 32.2. The molecule has 0 aliphatic carbocycles. The fourth-order valence-electron chi connectivity index (χ4n) is 2.54. The Labute approximate surface area is 155 Å². The van der Waals surface area contributed by atoms with E-state index in [2.05, 4.69) is 15.5 Å². The Morgan fingerprint density at radius 3 is 2.60 bits per heavy atom. The number of anilines is 1. The van der Waals surface area contributed by atoms with Crippen molar-refractivity contribution in [3.05, 3.63) is 21.8 Å². The number of aromatic nitrogens is 3. The van der Waals surface area contributed by atoms with Crippen molar-refractivity contribution in [3.8, 4) is 0 Å². The van der Waals surface area contributed by atoms with Gasteiger partial charge in [-0.1, -0.05) is 18.7 Å². The van der Waals surface area contributed by atoms with Gasteiger partial charge >= 0.3 is 5.97 Å². The van der Waals surface area contributed by atoms with Crippen LogP contribution in [0.4, 0.5) is 5.00 Å². The summed E-state index contributed by atoms with van der Waals surface area (Å²) in [6.07, 6.45) is 0.705. The summed E-state index contributed by atoms with van der Waals surface area (Å²) in [7, 11) is 1.34. The van der Waals surface area contributed by atoms with Gasteiger partial charge in [0.05, 0.1) is 18.4 Å². The number of carbonyl (C=O) groups excluding carboxylic acids is 2. The number of thioether (sulfide) groups is 1. The number of amides is 1. The number of nitrogens with zero attached hydrogens (tertiary/aromatic N) is 3. The molecule has 0 atom stereocenters. The lowest BCUT2D eigenvalue weighted by molar-refractivity contribution is -0.113. The van der Waals surface area contributed by atoms with Gasteiger partial charge in [-0.2, -0.15) is 0 Å². The molecule has 0 spiro atoms. The van der Waals surface area contributed by atoms with Crippen LogP contribution >= 0.6 is 23.1 Å². The van der Waals surface area contributed by atoms with Crippen LogP contribution in [-0.2, 0) is 22.5 Å². The summed E-state index contributed by atoms with van der Waals surface area (Å²) in [5.41, 5.74) is 1.37. The summed E-state index contributed by atoms with van der Waals surface area (Å²) in [5, 5.41) is 12.2. The molecule has 9 heteroatoms. The zero-order chi connectivity index (χ0) is 18.6. The number of ether oxygens (including phenoxy) is 1. The first kappa shape index (κ1) is 19.5. The normalized spacial score (nSPS) is 10.8. The van der Waals surface area contributed by atoms with Crippen LogP contribution in [0.2, 0.25) is 0 Å². The summed E-state index contributed by atoms with van der Waals surface area (Å²) >= 11 is 2.72. The highest BCUT2D eigenvalue weighted by Crippen LogP contribution is 2.34. The van der Waals surface area contributed by atoms with Crippen LogP contribution in [0.1, 0.15) is 40.5 Å². The van der Waals surface area contributed by atoms with Crippen molar-refractivity contribution in [2.45, 2.75) is 45.8 Å². The first-order valence-corrected chi connectivity index (χ1v) is 9.76. The molecule has 0 unspecified atom stereocenters. The lowest BCUT2D eigenvalue weighted by Gasteiger charge is -2.07. The number of hydrogen-bond donors (Lipinski definition) is 1. The van der Waals surface area contributed by atoms with Crippen LogP contribution in [0.3, 0.4) is 0 Å². The Morgan fingerprint density at radius 2 is 2.00 bits per heavy atom. The predicted molar refractivity (Wildman–Crippen MR) is 99.6 cm³/mol. The highest BCUT2D eigenvalue weighted by molar-refractivity contribution is 7.99. The Balaban J connectivity index is 2.11. The monoisotopic (exact) mass is 382 g/mol. The van der Waals surface area contributed by atoms with Gasteiger partial charge in [0.25, 0.3) is 0 Å². The van der Waals surface area contributed by atoms with E-state index in [0.717, 1.165) is 22.8 Å². The molecule has 0 saturated carbocycles.